The number of ether oxygens (including phenoxy) is 2. The Labute approximate surface area is 166 Å². The fraction of sp³-hybridized carbons (Fsp3) is 0.364. The van der Waals surface area contributed by atoms with Gasteiger partial charge in [-0.05, 0) is 36.6 Å². The molecule has 0 unspecified atom stereocenters. The Bertz CT molecular complexity index is 777. The molecule has 0 heterocycles. The number of benzene rings is 2. The van der Waals surface area contributed by atoms with Crippen LogP contribution in [0.3, 0.4) is 0 Å². The van der Waals surface area contributed by atoms with Crippen LogP contribution in [0, 0.1) is 0 Å². The molecule has 0 bridgehead atoms. The molecule has 0 saturated heterocycles. The van der Waals surface area contributed by atoms with Crippen molar-refractivity contribution in [3.05, 3.63) is 59.7 Å². The summed E-state index contributed by atoms with van der Waals surface area (Å²) >= 11 is 0. The first-order valence-corrected chi connectivity index (χ1v) is 9.35. The molecule has 0 aliphatic rings. The molecule has 6 nitrogen and oxygen atoms in total. The lowest BCUT2D eigenvalue weighted by Crippen LogP contribution is -2.30. The van der Waals surface area contributed by atoms with E-state index in [2.05, 4.69) is 10.6 Å². The third-order valence-corrected chi connectivity index (χ3v) is 4.44. The van der Waals surface area contributed by atoms with Gasteiger partial charge in [0, 0.05) is 19.4 Å². The monoisotopic (exact) mass is 384 g/mol. The fourth-order valence-electron chi connectivity index (χ4n) is 2.84. The van der Waals surface area contributed by atoms with Gasteiger partial charge in [-0.3, -0.25) is 9.59 Å². The molecule has 1 atom stereocenters. The molecular weight excluding hydrogens is 356 g/mol. The highest BCUT2D eigenvalue weighted by Crippen LogP contribution is 2.27. The summed E-state index contributed by atoms with van der Waals surface area (Å²) in [7, 11) is 3.18. The van der Waals surface area contributed by atoms with Crippen molar-refractivity contribution in [2.45, 2.75) is 32.2 Å². The average Bonchev–Trinajstić information content (AvgIpc) is 2.72. The number of rotatable bonds is 10. The van der Waals surface area contributed by atoms with Gasteiger partial charge in [-0.1, -0.05) is 36.4 Å². The van der Waals surface area contributed by atoms with Crippen LogP contribution in [0.4, 0.5) is 0 Å². The second-order valence-electron chi connectivity index (χ2n) is 6.49. The number of methoxy groups -OCH3 is 2. The smallest absolute Gasteiger partial charge is 0.220 e. The molecule has 150 valence electrons. The summed E-state index contributed by atoms with van der Waals surface area (Å²) in [4.78, 5) is 24.0. The van der Waals surface area contributed by atoms with E-state index in [0.29, 0.717) is 24.5 Å². The number of carbonyl (C=O) groups is 2. The normalized spacial score (nSPS) is 11.4. The van der Waals surface area contributed by atoms with Crippen molar-refractivity contribution in [2.24, 2.45) is 0 Å². The molecule has 0 fully saturated rings. The van der Waals surface area contributed by atoms with Gasteiger partial charge >= 0.3 is 0 Å². The van der Waals surface area contributed by atoms with E-state index in [4.69, 9.17) is 9.47 Å². The van der Waals surface area contributed by atoms with Crippen LogP contribution in [0.5, 0.6) is 11.5 Å². The van der Waals surface area contributed by atoms with E-state index in [1.807, 2.05) is 55.5 Å². The predicted molar refractivity (Wildman–Crippen MR) is 108 cm³/mol. The van der Waals surface area contributed by atoms with Crippen LogP contribution in [-0.4, -0.2) is 32.6 Å². The quantitative estimate of drug-likeness (QED) is 0.660. The Morgan fingerprint density at radius 3 is 2.29 bits per heavy atom. The molecule has 2 aromatic rings. The van der Waals surface area contributed by atoms with Crippen LogP contribution in [0.25, 0.3) is 0 Å². The Morgan fingerprint density at radius 2 is 1.61 bits per heavy atom. The standard InChI is InChI=1S/C22H28N2O4/c1-16(18-7-5-4-6-8-18)24-22(26)12-11-21(25)23-14-13-17-9-10-19(27-2)20(15-17)28-3/h4-10,15-16H,11-14H2,1-3H3,(H,23,25)(H,24,26)/t16-/m0/s1. The minimum Gasteiger partial charge on any atom is -0.493 e. The molecule has 6 heteroatoms. The molecule has 0 spiro atoms. The highest BCUT2D eigenvalue weighted by atomic mass is 16.5. The molecule has 28 heavy (non-hydrogen) atoms. The van der Waals surface area contributed by atoms with Gasteiger partial charge in [0.15, 0.2) is 11.5 Å². The molecule has 2 aromatic carbocycles. The molecule has 2 rings (SSSR count). The third-order valence-electron chi connectivity index (χ3n) is 4.44. The lowest BCUT2D eigenvalue weighted by molar-refractivity contribution is -0.126. The summed E-state index contributed by atoms with van der Waals surface area (Å²) in [6.45, 7) is 2.42. The van der Waals surface area contributed by atoms with Crippen LogP contribution in [0.15, 0.2) is 48.5 Å². The Hall–Kier alpha value is -3.02. The van der Waals surface area contributed by atoms with Crippen molar-refractivity contribution in [1.82, 2.24) is 10.6 Å². The second-order valence-corrected chi connectivity index (χ2v) is 6.49. The van der Waals surface area contributed by atoms with Crippen molar-refractivity contribution in [2.75, 3.05) is 20.8 Å². The van der Waals surface area contributed by atoms with Gasteiger partial charge in [-0.15, -0.1) is 0 Å². The maximum Gasteiger partial charge on any atom is 0.220 e. The SMILES string of the molecule is COc1ccc(CCNC(=O)CCC(=O)N[C@@H](C)c2ccccc2)cc1OC. The summed E-state index contributed by atoms with van der Waals surface area (Å²) in [6, 6.07) is 15.3. The molecular formula is C22H28N2O4. The maximum atomic E-state index is 12.0. The van der Waals surface area contributed by atoms with E-state index in [1.54, 1.807) is 14.2 Å². The molecule has 2 N–H and O–H groups in total. The first-order valence-electron chi connectivity index (χ1n) is 9.35. The average molecular weight is 384 g/mol. The van der Waals surface area contributed by atoms with E-state index in [-0.39, 0.29) is 30.7 Å². The molecule has 2 amide bonds. The van der Waals surface area contributed by atoms with E-state index in [1.165, 1.54) is 0 Å². The van der Waals surface area contributed by atoms with Gasteiger partial charge in [-0.2, -0.15) is 0 Å². The predicted octanol–water partition coefficient (Wildman–Crippen LogP) is 3.02. The number of amides is 2. The molecule has 0 aliphatic carbocycles. The number of nitrogens with one attached hydrogen (secondary N) is 2. The van der Waals surface area contributed by atoms with Crippen molar-refractivity contribution in [1.29, 1.82) is 0 Å². The largest absolute Gasteiger partial charge is 0.493 e. The van der Waals surface area contributed by atoms with Crippen molar-refractivity contribution >= 4 is 11.8 Å². The molecule has 0 radical (unpaired) electrons. The Morgan fingerprint density at radius 1 is 0.929 bits per heavy atom. The van der Waals surface area contributed by atoms with Crippen LogP contribution in [0.2, 0.25) is 0 Å². The number of carbonyl (C=O) groups excluding carboxylic acids is 2. The first-order chi connectivity index (χ1) is 13.5. The zero-order chi connectivity index (χ0) is 20.4. The van der Waals surface area contributed by atoms with Crippen LogP contribution in [-0.2, 0) is 16.0 Å². The van der Waals surface area contributed by atoms with E-state index in [9.17, 15) is 9.59 Å². The van der Waals surface area contributed by atoms with Gasteiger partial charge in [0.1, 0.15) is 0 Å². The maximum absolute atomic E-state index is 12.0. The Balaban J connectivity index is 1.69. The summed E-state index contributed by atoms with van der Waals surface area (Å²) < 4.78 is 10.5. The van der Waals surface area contributed by atoms with Crippen LogP contribution in [0.1, 0.15) is 36.9 Å². The van der Waals surface area contributed by atoms with E-state index < -0.39 is 0 Å². The van der Waals surface area contributed by atoms with Crippen LogP contribution >= 0.6 is 0 Å². The van der Waals surface area contributed by atoms with Crippen molar-refractivity contribution < 1.29 is 19.1 Å². The zero-order valence-corrected chi connectivity index (χ0v) is 16.7. The fourth-order valence-corrected chi connectivity index (χ4v) is 2.84. The van der Waals surface area contributed by atoms with Gasteiger partial charge < -0.3 is 20.1 Å². The number of hydrogen-bond acceptors (Lipinski definition) is 4. The number of hydrogen-bond donors (Lipinski definition) is 2. The first kappa shape index (κ1) is 21.3. The minimum atomic E-state index is -0.136. The zero-order valence-electron chi connectivity index (χ0n) is 16.7. The summed E-state index contributed by atoms with van der Waals surface area (Å²) in [5.74, 6) is 1.07. The van der Waals surface area contributed by atoms with Gasteiger partial charge in [0.2, 0.25) is 11.8 Å². The van der Waals surface area contributed by atoms with Crippen molar-refractivity contribution in [3.63, 3.8) is 0 Å². The van der Waals surface area contributed by atoms with Gasteiger partial charge in [0.05, 0.1) is 20.3 Å². The minimum absolute atomic E-state index is 0.0817. The lowest BCUT2D eigenvalue weighted by atomic mass is 10.1. The third kappa shape index (κ3) is 6.61. The highest BCUT2D eigenvalue weighted by Gasteiger charge is 2.11. The van der Waals surface area contributed by atoms with Gasteiger partial charge in [0.25, 0.3) is 0 Å². The molecule has 0 saturated carbocycles. The summed E-state index contributed by atoms with van der Waals surface area (Å²) in [5, 5.41) is 5.76. The summed E-state index contributed by atoms with van der Waals surface area (Å²) in [5.41, 5.74) is 2.07. The van der Waals surface area contributed by atoms with Crippen LogP contribution < -0.4 is 20.1 Å². The highest BCUT2D eigenvalue weighted by molar-refractivity contribution is 5.83. The van der Waals surface area contributed by atoms with Crippen molar-refractivity contribution in [3.8, 4) is 11.5 Å². The Kier molecular flexibility index (Phi) is 8.34. The molecule has 0 aliphatic heterocycles. The second kappa shape index (κ2) is 11.0. The van der Waals surface area contributed by atoms with E-state index >= 15 is 0 Å². The van der Waals surface area contributed by atoms with E-state index in [0.717, 1.165) is 11.1 Å². The summed E-state index contributed by atoms with van der Waals surface area (Å²) in [6.07, 6.45) is 1.00. The topological polar surface area (TPSA) is 76.7 Å². The lowest BCUT2D eigenvalue weighted by Gasteiger charge is -2.14. The van der Waals surface area contributed by atoms with Gasteiger partial charge in [-0.25, -0.2) is 0 Å². The molecule has 0 aromatic heterocycles.